The number of rotatable bonds is 3. The molecule has 0 aliphatic carbocycles. The SMILES string of the molecule is Brc1ccc[c]n1.[CH2]CCC.[CH2]CCC.[CH2]CCC.[Sn]. The van der Waals surface area contributed by atoms with Crippen LogP contribution in [0.5, 0.6) is 0 Å². The van der Waals surface area contributed by atoms with Gasteiger partial charge in [-0.1, -0.05) is 86.1 Å². The molecule has 8 radical (unpaired) electrons. The fraction of sp³-hybridized carbons (Fsp3) is 0.529. The van der Waals surface area contributed by atoms with Gasteiger partial charge in [-0.05, 0) is 28.1 Å². The molecular weight excluding hydrogens is 417 g/mol. The van der Waals surface area contributed by atoms with Crippen molar-refractivity contribution in [3.05, 3.63) is 49.8 Å². The third kappa shape index (κ3) is 42.9. The quantitative estimate of drug-likeness (QED) is 0.402. The van der Waals surface area contributed by atoms with Crippen LogP contribution in [0, 0.1) is 27.0 Å². The van der Waals surface area contributed by atoms with Crippen molar-refractivity contribution in [2.24, 2.45) is 0 Å². The van der Waals surface area contributed by atoms with Crippen LogP contribution < -0.4 is 0 Å². The van der Waals surface area contributed by atoms with Gasteiger partial charge < -0.3 is 0 Å². The van der Waals surface area contributed by atoms with Gasteiger partial charge in [-0.3, -0.25) is 0 Å². The van der Waals surface area contributed by atoms with Crippen molar-refractivity contribution in [2.75, 3.05) is 0 Å². The van der Waals surface area contributed by atoms with E-state index in [4.69, 9.17) is 0 Å². The molecule has 0 saturated carbocycles. The summed E-state index contributed by atoms with van der Waals surface area (Å²) in [6, 6.07) is 5.48. The van der Waals surface area contributed by atoms with Crippen LogP contribution in [0.2, 0.25) is 0 Å². The van der Waals surface area contributed by atoms with Crippen molar-refractivity contribution in [1.29, 1.82) is 0 Å². The summed E-state index contributed by atoms with van der Waals surface area (Å²) in [6.45, 7) is 17.2. The summed E-state index contributed by atoms with van der Waals surface area (Å²) in [6.07, 6.45) is 9.50. The van der Waals surface area contributed by atoms with Gasteiger partial charge in [0.1, 0.15) is 4.60 Å². The molecule has 1 heterocycles. The maximum absolute atomic E-state index is 3.77. The van der Waals surface area contributed by atoms with E-state index >= 15 is 0 Å². The molecule has 0 aliphatic heterocycles. The second kappa shape index (κ2) is 31.7. The summed E-state index contributed by atoms with van der Waals surface area (Å²) in [5.74, 6) is 0. The normalized spacial score (nSPS) is 7.55. The third-order valence-electron chi connectivity index (χ3n) is 1.64. The summed E-state index contributed by atoms with van der Waals surface area (Å²) in [5, 5.41) is 0. The molecule has 0 bridgehead atoms. The maximum Gasteiger partial charge on any atom is 0.106 e. The smallest absolute Gasteiger partial charge is 0.106 e. The zero-order valence-electron chi connectivity index (χ0n) is 13.4. The Labute approximate surface area is 153 Å². The van der Waals surface area contributed by atoms with Crippen LogP contribution in [0.15, 0.2) is 22.8 Å². The molecule has 114 valence electrons. The van der Waals surface area contributed by atoms with E-state index in [9.17, 15) is 0 Å². The third-order valence-corrected chi connectivity index (χ3v) is 2.08. The minimum Gasteiger partial charge on any atom is -0.239 e. The topological polar surface area (TPSA) is 12.9 Å². The molecule has 0 saturated heterocycles. The van der Waals surface area contributed by atoms with Gasteiger partial charge in [0.05, 0.1) is 6.20 Å². The second-order valence-electron chi connectivity index (χ2n) is 3.65. The summed E-state index contributed by atoms with van der Waals surface area (Å²) < 4.78 is 0.829. The average molecular weight is 447 g/mol. The molecule has 0 atom stereocenters. The molecule has 1 nitrogen and oxygen atoms in total. The maximum atomic E-state index is 3.77. The molecule has 0 aliphatic rings. The van der Waals surface area contributed by atoms with Gasteiger partial charge in [-0.25, -0.2) is 4.98 Å². The number of halogens is 1. The molecule has 20 heavy (non-hydrogen) atoms. The number of pyridine rings is 1. The predicted octanol–water partition coefficient (Wildman–Crippen LogP) is 6.13. The summed E-state index contributed by atoms with van der Waals surface area (Å²) in [4.78, 5) is 3.77. The molecule has 0 aromatic carbocycles. The monoisotopic (exact) mass is 447 g/mol. The van der Waals surface area contributed by atoms with Crippen LogP contribution >= 0.6 is 15.9 Å². The van der Waals surface area contributed by atoms with Crippen molar-refractivity contribution < 1.29 is 0 Å². The van der Waals surface area contributed by atoms with Gasteiger partial charge in [0.25, 0.3) is 0 Å². The van der Waals surface area contributed by atoms with Crippen LogP contribution in [0.3, 0.4) is 0 Å². The van der Waals surface area contributed by atoms with Crippen LogP contribution in [0.4, 0.5) is 0 Å². The molecule has 0 unspecified atom stereocenters. The molecule has 0 fully saturated rings. The molecule has 1 aromatic heterocycles. The number of hydrogen-bond donors (Lipinski definition) is 0. The molecular formula is C17H30BrNSn. The van der Waals surface area contributed by atoms with Crippen molar-refractivity contribution >= 4 is 39.8 Å². The van der Waals surface area contributed by atoms with Crippen molar-refractivity contribution in [2.45, 2.75) is 59.3 Å². The van der Waals surface area contributed by atoms with Crippen molar-refractivity contribution in [3.63, 3.8) is 0 Å². The molecule has 1 rings (SSSR count). The summed E-state index contributed by atoms with van der Waals surface area (Å²) in [5.41, 5.74) is 0. The van der Waals surface area contributed by atoms with E-state index < -0.39 is 0 Å². The van der Waals surface area contributed by atoms with Gasteiger partial charge in [0, 0.05) is 23.9 Å². The zero-order chi connectivity index (χ0) is 15.4. The van der Waals surface area contributed by atoms with Gasteiger partial charge >= 0.3 is 0 Å². The fourth-order valence-corrected chi connectivity index (χ4v) is 0.562. The Bertz CT molecular complexity index is 202. The van der Waals surface area contributed by atoms with Crippen LogP contribution in [0.1, 0.15) is 59.3 Å². The average Bonchev–Trinajstić information content (AvgIpc) is 2.48. The Morgan fingerprint density at radius 3 is 1.45 bits per heavy atom. The van der Waals surface area contributed by atoms with Gasteiger partial charge in [-0.2, -0.15) is 0 Å². The molecule has 0 amide bonds. The van der Waals surface area contributed by atoms with E-state index in [1.807, 2.05) is 12.1 Å². The first kappa shape index (κ1) is 28.6. The van der Waals surface area contributed by atoms with E-state index in [0.717, 1.165) is 23.9 Å². The predicted molar refractivity (Wildman–Crippen MR) is 97.3 cm³/mol. The standard InChI is InChI=1S/C5H3BrN.3C4H9.Sn/c6-5-3-1-2-4-7-5;3*1-3-4-2;/h1-3H;3*1,3-4H2,2H3;. The van der Waals surface area contributed by atoms with Crippen LogP contribution in [0.25, 0.3) is 0 Å². The Balaban J connectivity index is -0.0000000881. The first-order valence-corrected chi connectivity index (χ1v) is 7.79. The first-order chi connectivity index (χ1) is 9.14. The molecule has 0 spiro atoms. The minimum absolute atomic E-state index is 0. The minimum atomic E-state index is 0. The number of unbranched alkanes of at least 4 members (excludes halogenated alkanes) is 3. The Morgan fingerprint density at radius 1 is 1.00 bits per heavy atom. The summed E-state index contributed by atoms with van der Waals surface area (Å²) >= 11 is 3.17. The van der Waals surface area contributed by atoms with Crippen LogP contribution in [-0.4, -0.2) is 28.9 Å². The summed E-state index contributed by atoms with van der Waals surface area (Å²) in [7, 11) is 0. The van der Waals surface area contributed by atoms with E-state index in [-0.39, 0.29) is 23.9 Å². The van der Waals surface area contributed by atoms with Crippen molar-refractivity contribution in [3.8, 4) is 0 Å². The van der Waals surface area contributed by atoms with E-state index in [0.29, 0.717) is 0 Å². The van der Waals surface area contributed by atoms with Gasteiger partial charge in [0.2, 0.25) is 0 Å². The number of hydrogen-bond acceptors (Lipinski definition) is 1. The van der Waals surface area contributed by atoms with E-state index in [1.54, 1.807) is 6.07 Å². The molecule has 3 heteroatoms. The molecule has 0 N–H and O–H groups in total. The van der Waals surface area contributed by atoms with E-state index in [1.165, 1.54) is 19.3 Å². The van der Waals surface area contributed by atoms with E-state index in [2.05, 4.69) is 68.7 Å². The fourth-order valence-electron chi connectivity index (χ4n) is 0.307. The first-order valence-electron chi connectivity index (χ1n) is 7.00. The van der Waals surface area contributed by atoms with Crippen LogP contribution in [-0.2, 0) is 0 Å². The number of aromatic nitrogens is 1. The Kier molecular flexibility index (Phi) is 45.3. The zero-order valence-corrected chi connectivity index (χ0v) is 17.9. The molecule has 1 aromatic rings. The van der Waals surface area contributed by atoms with Gasteiger partial charge in [0.15, 0.2) is 0 Å². The Morgan fingerprint density at radius 2 is 1.35 bits per heavy atom. The van der Waals surface area contributed by atoms with Crippen molar-refractivity contribution in [1.82, 2.24) is 4.98 Å². The largest absolute Gasteiger partial charge is 0.239 e. The number of nitrogens with zero attached hydrogens (tertiary/aromatic N) is 1. The van der Waals surface area contributed by atoms with Gasteiger partial charge in [-0.15, -0.1) is 0 Å². The second-order valence-corrected chi connectivity index (χ2v) is 4.46. The Hall–Kier alpha value is 0.429.